The number of aliphatic hydroxyl groups excluding tert-OH is 4. The molecule has 0 aromatic carbocycles. The van der Waals surface area contributed by atoms with Gasteiger partial charge in [-0.25, -0.2) is 9.36 Å². The van der Waals surface area contributed by atoms with Gasteiger partial charge in [0.1, 0.15) is 0 Å². The van der Waals surface area contributed by atoms with Crippen LogP contribution in [0.3, 0.4) is 0 Å². The van der Waals surface area contributed by atoms with Crippen LogP contribution in [-0.4, -0.2) is 99.0 Å². The Morgan fingerprint density at radius 2 is 1.00 bits per heavy atom. The molecule has 0 fully saturated rings. The maximum Gasteiger partial charge on any atom is 0.466 e. The van der Waals surface area contributed by atoms with Gasteiger partial charge in [0.25, 0.3) is 0 Å². The third-order valence-electron chi connectivity index (χ3n) is 1.12. The van der Waals surface area contributed by atoms with E-state index in [1.165, 1.54) is 0 Å². The molecule has 0 aliphatic rings. The van der Waals surface area contributed by atoms with Gasteiger partial charge in [-0.3, -0.25) is 0 Å². The molecule has 13 heteroatoms. The number of hydrogen-bond donors (Lipinski definition) is 8. The summed E-state index contributed by atoms with van der Waals surface area (Å²) in [6, 6.07) is 0. The van der Waals surface area contributed by atoms with Crippen molar-refractivity contribution < 1.29 is 59.0 Å². The predicted molar refractivity (Wildman–Crippen MR) is 82.1 cm³/mol. The Bertz CT molecular complexity index is 266. The molecule has 0 heterocycles. The molecule has 148 valence electrons. The van der Waals surface area contributed by atoms with Crippen molar-refractivity contribution >= 4 is 13.8 Å². The van der Waals surface area contributed by atoms with Crippen molar-refractivity contribution in [3.63, 3.8) is 0 Å². The molecule has 0 aliphatic heterocycles. The molecule has 0 aromatic heterocycles. The smallest absolute Gasteiger partial charge is 0.466 e. The molecule has 0 unspecified atom stereocenters. The number of rotatable bonds is 9. The molecule has 8 N–H and O–H groups in total. The summed E-state index contributed by atoms with van der Waals surface area (Å²) >= 11 is 0. The van der Waals surface area contributed by atoms with Crippen LogP contribution in [-0.2, 0) is 18.8 Å². The van der Waals surface area contributed by atoms with E-state index in [1.54, 1.807) is 0 Å². The molecule has 0 atom stereocenters. The number of hydrogen-bond acceptors (Lipinski definition) is 8. The SMILES string of the molecule is C=CC(=O)O.O=P(O)(O)O.OCCOCCO.OCCOCCO. The fourth-order valence-electron chi connectivity index (χ4n) is 0.462. The zero-order chi connectivity index (χ0) is 19.9. The molecule has 0 saturated carbocycles. The second-order valence-electron chi connectivity index (χ2n) is 3.17. The Kier molecular flexibility index (Phi) is 34.7. The van der Waals surface area contributed by atoms with Crippen LogP contribution >= 0.6 is 7.82 Å². The second kappa shape index (κ2) is 27.0. The van der Waals surface area contributed by atoms with Crippen LogP contribution in [0.4, 0.5) is 0 Å². The summed E-state index contributed by atoms with van der Waals surface area (Å²) in [6.07, 6.45) is 0.833. The highest BCUT2D eigenvalue weighted by atomic mass is 31.2. The van der Waals surface area contributed by atoms with Crippen LogP contribution in [0.2, 0.25) is 0 Å². The lowest BCUT2D eigenvalue weighted by molar-refractivity contribution is -0.131. The fraction of sp³-hybridized carbons (Fsp3) is 0.727. The van der Waals surface area contributed by atoms with Gasteiger partial charge in [-0.15, -0.1) is 0 Å². The third kappa shape index (κ3) is 103. The molecule has 0 radical (unpaired) electrons. The Morgan fingerprint density at radius 1 is 0.833 bits per heavy atom. The molecule has 0 aromatic rings. The first kappa shape index (κ1) is 30.9. The summed E-state index contributed by atoms with van der Waals surface area (Å²) in [7, 11) is -4.64. The lowest BCUT2D eigenvalue weighted by atomic mass is 10.7. The van der Waals surface area contributed by atoms with E-state index in [9.17, 15) is 4.79 Å². The van der Waals surface area contributed by atoms with Gasteiger partial charge in [-0.1, -0.05) is 6.58 Å². The quantitative estimate of drug-likeness (QED) is 0.116. The highest BCUT2D eigenvalue weighted by molar-refractivity contribution is 7.45. The number of aliphatic hydroxyl groups is 4. The lowest BCUT2D eigenvalue weighted by Crippen LogP contribution is -2.03. The Balaban J connectivity index is -0.000000113. The zero-order valence-electron chi connectivity index (χ0n) is 13.1. The van der Waals surface area contributed by atoms with Crippen LogP contribution in [0.25, 0.3) is 0 Å². The number of aliphatic carboxylic acids is 1. The first-order chi connectivity index (χ1) is 11.1. The minimum absolute atomic E-state index is 0.0278. The van der Waals surface area contributed by atoms with Crippen molar-refractivity contribution in [3.8, 4) is 0 Å². The summed E-state index contributed by atoms with van der Waals surface area (Å²) < 4.78 is 18.1. The van der Waals surface area contributed by atoms with Gasteiger partial charge in [-0.2, -0.15) is 0 Å². The van der Waals surface area contributed by atoms with E-state index in [2.05, 4.69) is 16.1 Å². The van der Waals surface area contributed by atoms with Gasteiger partial charge in [0.15, 0.2) is 0 Å². The number of phosphoric acid groups is 1. The first-order valence-electron chi connectivity index (χ1n) is 6.33. The predicted octanol–water partition coefficient (Wildman–Crippen LogP) is -2.70. The molecule has 0 amide bonds. The summed E-state index contributed by atoms with van der Waals surface area (Å²) in [5.74, 6) is -0.981. The number of ether oxygens (including phenoxy) is 2. The Morgan fingerprint density at radius 3 is 1.08 bits per heavy atom. The van der Waals surface area contributed by atoms with Crippen LogP contribution in [0, 0.1) is 0 Å². The third-order valence-corrected chi connectivity index (χ3v) is 1.12. The molecule has 24 heavy (non-hydrogen) atoms. The standard InChI is InChI=1S/2C4H10O3.C3H4O2.H3O4P/c2*5-1-3-7-4-2-6;1-2-3(4)5;1-5(2,3)4/h2*5-6H,1-4H2;2H,1H2,(H,4,5);(H3,1,2,3,4). The maximum absolute atomic E-state index is 9.25. The van der Waals surface area contributed by atoms with Gasteiger partial charge >= 0.3 is 13.8 Å². The fourth-order valence-corrected chi connectivity index (χ4v) is 0.462. The van der Waals surface area contributed by atoms with Crippen LogP contribution in [0.15, 0.2) is 12.7 Å². The van der Waals surface area contributed by atoms with Gasteiger partial charge in [0.05, 0.1) is 52.9 Å². The van der Waals surface area contributed by atoms with Gasteiger partial charge in [0.2, 0.25) is 0 Å². The van der Waals surface area contributed by atoms with Gasteiger partial charge in [0, 0.05) is 6.08 Å². The van der Waals surface area contributed by atoms with Crippen LogP contribution < -0.4 is 0 Å². The van der Waals surface area contributed by atoms with Crippen LogP contribution in [0.1, 0.15) is 0 Å². The molecule has 12 nitrogen and oxygen atoms in total. The highest BCUT2D eigenvalue weighted by Crippen LogP contribution is 2.25. The van der Waals surface area contributed by atoms with E-state index in [0.717, 1.165) is 6.08 Å². The van der Waals surface area contributed by atoms with Gasteiger partial charge in [-0.05, 0) is 0 Å². The Hall–Kier alpha value is -0.920. The molecule has 0 spiro atoms. The Labute approximate surface area is 139 Å². The molecule has 0 bridgehead atoms. The molecule has 0 aliphatic carbocycles. The summed E-state index contributed by atoms with van der Waals surface area (Å²) in [4.78, 5) is 30.8. The highest BCUT2D eigenvalue weighted by Gasteiger charge is 2.00. The van der Waals surface area contributed by atoms with Crippen LogP contribution in [0.5, 0.6) is 0 Å². The number of carbonyl (C=O) groups is 1. The van der Waals surface area contributed by atoms with E-state index < -0.39 is 13.8 Å². The maximum atomic E-state index is 9.25. The molecular formula is C11H27O12P. The van der Waals surface area contributed by atoms with E-state index in [0.29, 0.717) is 26.4 Å². The largest absolute Gasteiger partial charge is 0.478 e. The average Bonchev–Trinajstić information content (AvgIpc) is 2.48. The second-order valence-corrected chi connectivity index (χ2v) is 4.20. The summed E-state index contributed by atoms with van der Waals surface area (Å²) in [6.45, 7) is 4.35. The van der Waals surface area contributed by atoms with E-state index in [1.807, 2.05) is 0 Å². The number of carboxylic acid groups (broad SMARTS) is 1. The lowest BCUT2D eigenvalue weighted by Gasteiger charge is -1.94. The first-order valence-corrected chi connectivity index (χ1v) is 7.89. The average molecular weight is 382 g/mol. The van der Waals surface area contributed by atoms with Crippen molar-refractivity contribution in [2.24, 2.45) is 0 Å². The summed E-state index contributed by atoms with van der Waals surface area (Å²) in [5.41, 5.74) is 0. The minimum Gasteiger partial charge on any atom is -0.478 e. The monoisotopic (exact) mass is 382 g/mol. The van der Waals surface area contributed by atoms with Crippen molar-refractivity contribution in [2.75, 3.05) is 52.9 Å². The zero-order valence-corrected chi connectivity index (χ0v) is 14.0. The van der Waals surface area contributed by atoms with Crippen molar-refractivity contribution in [1.82, 2.24) is 0 Å². The van der Waals surface area contributed by atoms with Crippen molar-refractivity contribution in [2.45, 2.75) is 0 Å². The van der Waals surface area contributed by atoms with Gasteiger partial charge < -0.3 is 49.7 Å². The van der Waals surface area contributed by atoms with E-state index in [-0.39, 0.29) is 26.4 Å². The normalized spacial score (nSPS) is 9.29. The van der Waals surface area contributed by atoms with Crippen molar-refractivity contribution in [1.29, 1.82) is 0 Å². The minimum atomic E-state index is -4.64. The topological polar surface area (TPSA) is 214 Å². The van der Waals surface area contributed by atoms with Crippen molar-refractivity contribution in [3.05, 3.63) is 12.7 Å². The summed E-state index contributed by atoms with van der Waals surface area (Å²) in [5, 5.41) is 39.9. The number of carboxylic acids is 1. The molecule has 0 rings (SSSR count). The van der Waals surface area contributed by atoms with E-state index >= 15 is 0 Å². The molecule has 0 saturated heterocycles. The van der Waals surface area contributed by atoms with E-state index in [4.69, 9.17) is 44.8 Å². The molecular weight excluding hydrogens is 355 g/mol.